The third kappa shape index (κ3) is 6.74. The lowest BCUT2D eigenvalue weighted by molar-refractivity contribution is -0.135. The summed E-state index contributed by atoms with van der Waals surface area (Å²) >= 11 is 0. The molecule has 1 unspecified atom stereocenters. The minimum absolute atomic E-state index is 0. The molecule has 0 heterocycles. The van der Waals surface area contributed by atoms with Gasteiger partial charge in [0.1, 0.15) is 0 Å². The van der Waals surface area contributed by atoms with Gasteiger partial charge in [-0.2, -0.15) is 0 Å². The fourth-order valence-electron chi connectivity index (χ4n) is 1.52. The van der Waals surface area contributed by atoms with Crippen molar-refractivity contribution >= 4 is 18.3 Å². The first kappa shape index (κ1) is 17.1. The van der Waals surface area contributed by atoms with Crippen LogP contribution in [0, 0.1) is 11.8 Å². The molecule has 0 saturated heterocycles. The predicted octanol–water partition coefficient (Wildman–Crippen LogP) is 1.77. The summed E-state index contributed by atoms with van der Waals surface area (Å²) in [4.78, 5) is 13.8. The van der Waals surface area contributed by atoms with Crippen molar-refractivity contribution in [3.8, 4) is 0 Å². The van der Waals surface area contributed by atoms with Crippen molar-refractivity contribution in [1.82, 2.24) is 10.2 Å². The maximum atomic E-state index is 11.9. The molecule has 0 aromatic heterocycles. The first-order valence-corrected chi connectivity index (χ1v) is 5.46. The van der Waals surface area contributed by atoms with Gasteiger partial charge in [0.15, 0.2) is 0 Å². The SMILES string of the molecule is CCN(CC(C)C)C(=O)C(C)CNC.Cl. The van der Waals surface area contributed by atoms with Crippen LogP contribution >= 0.6 is 12.4 Å². The molecule has 0 fully saturated rings. The van der Waals surface area contributed by atoms with E-state index in [9.17, 15) is 4.79 Å². The summed E-state index contributed by atoms with van der Waals surface area (Å²) in [6.45, 7) is 10.7. The summed E-state index contributed by atoms with van der Waals surface area (Å²) < 4.78 is 0. The monoisotopic (exact) mass is 236 g/mol. The van der Waals surface area contributed by atoms with E-state index >= 15 is 0 Å². The van der Waals surface area contributed by atoms with E-state index < -0.39 is 0 Å². The molecule has 1 N–H and O–H groups in total. The van der Waals surface area contributed by atoms with Gasteiger partial charge in [0.2, 0.25) is 5.91 Å². The second kappa shape index (κ2) is 8.98. The molecule has 92 valence electrons. The van der Waals surface area contributed by atoms with E-state index in [1.165, 1.54) is 0 Å². The third-order valence-corrected chi connectivity index (χ3v) is 2.21. The Bertz CT molecular complexity index is 174. The van der Waals surface area contributed by atoms with Crippen LogP contribution in [0.2, 0.25) is 0 Å². The summed E-state index contributed by atoms with van der Waals surface area (Å²) in [5.41, 5.74) is 0. The molecule has 0 rings (SSSR count). The van der Waals surface area contributed by atoms with Crippen LogP contribution in [0.15, 0.2) is 0 Å². The van der Waals surface area contributed by atoms with Crippen molar-refractivity contribution in [2.75, 3.05) is 26.7 Å². The molecule has 0 saturated carbocycles. The van der Waals surface area contributed by atoms with Gasteiger partial charge in [-0.3, -0.25) is 4.79 Å². The Morgan fingerprint density at radius 2 is 1.87 bits per heavy atom. The Morgan fingerprint density at radius 3 is 2.20 bits per heavy atom. The number of rotatable bonds is 6. The normalized spacial score (nSPS) is 12.1. The molecule has 15 heavy (non-hydrogen) atoms. The van der Waals surface area contributed by atoms with Crippen LogP contribution in [0.5, 0.6) is 0 Å². The topological polar surface area (TPSA) is 32.3 Å². The zero-order chi connectivity index (χ0) is 11.1. The summed E-state index contributed by atoms with van der Waals surface area (Å²) in [6, 6.07) is 0. The van der Waals surface area contributed by atoms with Gasteiger partial charge in [-0.05, 0) is 19.9 Å². The lowest BCUT2D eigenvalue weighted by Gasteiger charge is -2.26. The number of carbonyl (C=O) groups excluding carboxylic acids is 1. The van der Waals surface area contributed by atoms with Gasteiger partial charge in [0, 0.05) is 25.6 Å². The summed E-state index contributed by atoms with van der Waals surface area (Å²) in [5, 5.41) is 3.03. The maximum absolute atomic E-state index is 11.9. The van der Waals surface area contributed by atoms with Gasteiger partial charge in [0.25, 0.3) is 0 Å². The molecule has 0 bridgehead atoms. The molecule has 0 aromatic carbocycles. The maximum Gasteiger partial charge on any atom is 0.226 e. The first-order chi connectivity index (χ1) is 6.52. The lowest BCUT2D eigenvalue weighted by atomic mass is 10.1. The quantitative estimate of drug-likeness (QED) is 0.763. The minimum atomic E-state index is 0. The molecule has 0 aliphatic carbocycles. The lowest BCUT2D eigenvalue weighted by Crippen LogP contribution is -2.40. The van der Waals surface area contributed by atoms with E-state index in [-0.39, 0.29) is 24.2 Å². The molecule has 0 aliphatic rings. The van der Waals surface area contributed by atoms with Crippen LogP contribution in [0.4, 0.5) is 0 Å². The van der Waals surface area contributed by atoms with Crippen LogP contribution in [0.3, 0.4) is 0 Å². The van der Waals surface area contributed by atoms with Crippen molar-refractivity contribution in [2.24, 2.45) is 11.8 Å². The zero-order valence-electron chi connectivity index (χ0n) is 10.5. The van der Waals surface area contributed by atoms with Gasteiger partial charge in [-0.15, -0.1) is 12.4 Å². The average Bonchev–Trinajstić information content (AvgIpc) is 2.13. The molecule has 0 radical (unpaired) electrons. The zero-order valence-corrected chi connectivity index (χ0v) is 11.4. The Labute approximate surface area is 100 Å². The van der Waals surface area contributed by atoms with E-state index in [0.717, 1.165) is 19.6 Å². The van der Waals surface area contributed by atoms with Crippen LogP contribution in [0.25, 0.3) is 0 Å². The van der Waals surface area contributed by atoms with Gasteiger partial charge in [-0.1, -0.05) is 20.8 Å². The molecule has 0 spiro atoms. The highest BCUT2D eigenvalue weighted by molar-refractivity contribution is 5.85. The van der Waals surface area contributed by atoms with E-state index in [1.54, 1.807) is 0 Å². The molecule has 1 atom stereocenters. The third-order valence-electron chi connectivity index (χ3n) is 2.21. The standard InChI is InChI=1S/C11H24N2O.ClH/c1-6-13(8-9(2)3)11(14)10(4)7-12-5;/h9-10,12H,6-8H2,1-5H3;1H. The van der Waals surface area contributed by atoms with Crippen LogP contribution in [0.1, 0.15) is 27.7 Å². The fourth-order valence-corrected chi connectivity index (χ4v) is 1.52. The largest absolute Gasteiger partial charge is 0.342 e. The number of amides is 1. The second-order valence-corrected chi connectivity index (χ2v) is 4.23. The van der Waals surface area contributed by atoms with E-state index in [0.29, 0.717) is 5.92 Å². The average molecular weight is 237 g/mol. The Balaban J connectivity index is 0. The molecule has 4 heteroatoms. The van der Waals surface area contributed by atoms with Crippen LogP contribution < -0.4 is 5.32 Å². The van der Waals surface area contributed by atoms with Crippen molar-refractivity contribution in [2.45, 2.75) is 27.7 Å². The summed E-state index contributed by atoms with van der Waals surface area (Å²) in [6.07, 6.45) is 0. The Morgan fingerprint density at radius 1 is 1.33 bits per heavy atom. The number of nitrogens with one attached hydrogen (secondary N) is 1. The summed E-state index contributed by atoms with van der Waals surface area (Å²) in [7, 11) is 1.88. The predicted molar refractivity (Wildman–Crippen MR) is 67.4 cm³/mol. The number of hydrogen-bond donors (Lipinski definition) is 1. The number of nitrogens with zero attached hydrogens (tertiary/aromatic N) is 1. The molecule has 0 aliphatic heterocycles. The van der Waals surface area contributed by atoms with Crippen molar-refractivity contribution in [1.29, 1.82) is 0 Å². The molecule has 1 amide bonds. The van der Waals surface area contributed by atoms with Crippen molar-refractivity contribution < 1.29 is 4.79 Å². The van der Waals surface area contributed by atoms with E-state index in [1.807, 2.05) is 25.8 Å². The highest BCUT2D eigenvalue weighted by Gasteiger charge is 2.18. The molecular weight excluding hydrogens is 212 g/mol. The molecule has 0 aromatic rings. The second-order valence-electron chi connectivity index (χ2n) is 4.23. The van der Waals surface area contributed by atoms with Gasteiger partial charge < -0.3 is 10.2 Å². The van der Waals surface area contributed by atoms with Gasteiger partial charge in [0.05, 0.1) is 0 Å². The minimum Gasteiger partial charge on any atom is -0.342 e. The number of carbonyl (C=O) groups is 1. The smallest absolute Gasteiger partial charge is 0.226 e. The first-order valence-electron chi connectivity index (χ1n) is 5.46. The van der Waals surface area contributed by atoms with E-state index in [2.05, 4.69) is 19.2 Å². The summed E-state index contributed by atoms with van der Waals surface area (Å²) in [5.74, 6) is 0.884. The van der Waals surface area contributed by atoms with Crippen LogP contribution in [-0.2, 0) is 4.79 Å². The highest BCUT2D eigenvalue weighted by atomic mass is 35.5. The van der Waals surface area contributed by atoms with Gasteiger partial charge >= 0.3 is 0 Å². The number of hydrogen-bond acceptors (Lipinski definition) is 2. The van der Waals surface area contributed by atoms with Gasteiger partial charge in [-0.25, -0.2) is 0 Å². The highest BCUT2D eigenvalue weighted by Crippen LogP contribution is 2.05. The van der Waals surface area contributed by atoms with Crippen molar-refractivity contribution in [3.63, 3.8) is 0 Å². The Hall–Kier alpha value is -0.280. The van der Waals surface area contributed by atoms with Crippen LogP contribution in [-0.4, -0.2) is 37.5 Å². The van der Waals surface area contributed by atoms with E-state index in [4.69, 9.17) is 0 Å². The molecule has 3 nitrogen and oxygen atoms in total. The van der Waals surface area contributed by atoms with Crippen molar-refractivity contribution in [3.05, 3.63) is 0 Å². The Kier molecular flexibility index (Phi) is 10.3. The molecular formula is C11H25ClN2O. The fraction of sp³-hybridized carbons (Fsp3) is 0.909. The number of halogens is 1.